The largest absolute Gasteiger partial charge is 0.457 e. The van der Waals surface area contributed by atoms with Crippen molar-refractivity contribution in [2.45, 2.75) is 146 Å². The second kappa shape index (κ2) is 40.8. The molecule has 0 amide bonds. The van der Waals surface area contributed by atoms with E-state index in [4.69, 9.17) is 56.8 Å². The van der Waals surface area contributed by atoms with E-state index in [-0.39, 0.29) is 91.9 Å². The summed E-state index contributed by atoms with van der Waals surface area (Å²) < 4.78 is 81.6. The fourth-order valence-corrected chi connectivity index (χ4v) is 11.8. The van der Waals surface area contributed by atoms with Crippen LogP contribution >= 0.6 is 0 Å². The van der Waals surface area contributed by atoms with E-state index in [1.54, 1.807) is 12.2 Å². The molecule has 0 radical (unpaired) electrons. The van der Waals surface area contributed by atoms with Gasteiger partial charge in [0.25, 0.3) is 0 Å². The maximum Gasteiger partial charge on any atom is 0.308 e. The summed E-state index contributed by atoms with van der Waals surface area (Å²) in [5, 5.41) is 0. The van der Waals surface area contributed by atoms with E-state index >= 15 is 9.59 Å². The first-order chi connectivity index (χ1) is 48.8. The second-order valence-electron chi connectivity index (χ2n) is 24.3. The maximum absolute atomic E-state index is 15.5. The van der Waals surface area contributed by atoms with Crippen LogP contribution in [0.3, 0.4) is 0 Å². The molecule has 10 rings (SSSR count). The standard InChI is InChI=1S/C85H90O14/c1-3-73(90-55-66-36-18-7-19-37-66)81(92-57-68-40-22-9-23-41-68)77(62-88-53-64-32-14-5-15-33-64)98-79(86)51-50-75-83(94-59-70-44-26-11-27-45-70)85(96-61-72-48-30-13-31-49-72)84(95-60-71-46-28-12-29-47-71)76(97-75)52-80(87)99-78(63-89-54-65-34-16-6-17-35-65)82(93-58-69-42-24-10-25-43-69)74(4-2)91-56-67-38-20-8-21-39-67/h3-49,73-78,81-85H,1-2,50-63H2/t73-,74-,75-,76-,77-,78-,81+,82+,83-,84+,85+/m1/s1. The highest BCUT2D eigenvalue weighted by Gasteiger charge is 2.50. The molecule has 514 valence electrons. The molecular formula is C85H90O14. The lowest BCUT2D eigenvalue weighted by Gasteiger charge is -2.46. The molecule has 1 fully saturated rings. The summed E-state index contributed by atoms with van der Waals surface area (Å²) in [6.45, 7) is 9.95. The summed E-state index contributed by atoms with van der Waals surface area (Å²) in [5.74, 6) is -1.21. The van der Waals surface area contributed by atoms with Crippen molar-refractivity contribution in [1.82, 2.24) is 0 Å². The van der Waals surface area contributed by atoms with Crippen molar-refractivity contribution in [3.8, 4) is 0 Å². The Balaban J connectivity index is 0.981. The molecule has 99 heavy (non-hydrogen) atoms. The summed E-state index contributed by atoms with van der Waals surface area (Å²) in [6, 6.07) is 88.1. The zero-order valence-corrected chi connectivity index (χ0v) is 56.0. The normalized spacial score (nSPS) is 17.8. The third-order valence-corrected chi connectivity index (χ3v) is 16.9. The molecule has 14 heteroatoms. The first kappa shape index (κ1) is 72.7. The Bertz CT molecular complexity index is 3690. The third-order valence-electron chi connectivity index (χ3n) is 16.9. The number of esters is 2. The fraction of sp³-hybridized carbons (Fsp3) is 0.294. The Hall–Kier alpha value is -9.00. The number of benzene rings is 9. The zero-order chi connectivity index (χ0) is 68.3. The van der Waals surface area contributed by atoms with Crippen molar-refractivity contribution < 1.29 is 66.4 Å². The van der Waals surface area contributed by atoms with Crippen LogP contribution in [0.5, 0.6) is 0 Å². The monoisotopic (exact) mass is 1330 g/mol. The van der Waals surface area contributed by atoms with Crippen molar-refractivity contribution in [2.75, 3.05) is 13.2 Å². The van der Waals surface area contributed by atoms with E-state index in [2.05, 4.69) is 13.2 Å². The molecule has 0 aromatic heterocycles. The van der Waals surface area contributed by atoms with Crippen molar-refractivity contribution in [3.05, 3.63) is 348 Å². The van der Waals surface area contributed by atoms with E-state index in [1.165, 1.54) is 0 Å². The van der Waals surface area contributed by atoms with Gasteiger partial charge in [0.2, 0.25) is 0 Å². The van der Waals surface area contributed by atoms with Crippen molar-refractivity contribution in [1.29, 1.82) is 0 Å². The Morgan fingerprint density at radius 3 is 0.929 bits per heavy atom. The second-order valence-corrected chi connectivity index (χ2v) is 24.3. The summed E-state index contributed by atoms with van der Waals surface area (Å²) >= 11 is 0. The molecule has 0 unspecified atom stereocenters. The first-order valence-corrected chi connectivity index (χ1v) is 34.0. The van der Waals surface area contributed by atoms with Gasteiger partial charge in [0.1, 0.15) is 42.7 Å². The molecule has 0 bridgehead atoms. The molecule has 1 heterocycles. The minimum absolute atomic E-state index is 0.0497. The van der Waals surface area contributed by atoms with Gasteiger partial charge in [0.15, 0.2) is 12.2 Å². The highest BCUT2D eigenvalue weighted by atomic mass is 16.6. The number of carbonyl (C=O) groups excluding carboxylic acids is 2. The predicted octanol–water partition coefficient (Wildman–Crippen LogP) is 15.7. The van der Waals surface area contributed by atoms with Crippen LogP contribution in [-0.4, -0.2) is 92.3 Å². The Morgan fingerprint density at radius 2 is 0.606 bits per heavy atom. The molecule has 0 aliphatic carbocycles. The van der Waals surface area contributed by atoms with Gasteiger partial charge in [0.05, 0.1) is 91.3 Å². The molecule has 0 N–H and O–H groups in total. The number of ether oxygens (including phenoxy) is 12. The minimum atomic E-state index is -1.05. The van der Waals surface area contributed by atoms with Gasteiger partial charge in [-0.3, -0.25) is 9.59 Å². The minimum Gasteiger partial charge on any atom is -0.457 e. The van der Waals surface area contributed by atoms with Crippen LogP contribution in [-0.2, 0) is 126 Å². The average Bonchev–Trinajstić information content (AvgIpc) is 0.797. The van der Waals surface area contributed by atoms with Crippen LogP contribution in [0, 0.1) is 0 Å². The van der Waals surface area contributed by atoms with Gasteiger partial charge < -0.3 is 56.8 Å². The Labute approximate surface area is 583 Å². The molecule has 14 nitrogen and oxygen atoms in total. The van der Waals surface area contributed by atoms with Crippen LogP contribution in [0.25, 0.3) is 0 Å². The maximum atomic E-state index is 15.5. The summed E-state index contributed by atoms with van der Waals surface area (Å²) in [4.78, 5) is 30.6. The van der Waals surface area contributed by atoms with Crippen LogP contribution in [0.15, 0.2) is 298 Å². The third kappa shape index (κ3) is 24.2. The van der Waals surface area contributed by atoms with Gasteiger partial charge in [-0.2, -0.15) is 0 Å². The van der Waals surface area contributed by atoms with Gasteiger partial charge in [0, 0.05) is 6.42 Å². The highest BCUT2D eigenvalue weighted by molar-refractivity contribution is 5.71. The lowest BCUT2D eigenvalue weighted by Crippen LogP contribution is -2.60. The molecule has 9 aromatic rings. The predicted molar refractivity (Wildman–Crippen MR) is 380 cm³/mol. The van der Waals surface area contributed by atoms with E-state index in [0.717, 1.165) is 50.1 Å². The van der Waals surface area contributed by atoms with Crippen LogP contribution in [0.4, 0.5) is 0 Å². The quantitative estimate of drug-likeness (QED) is 0.0264. The average molecular weight is 1340 g/mol. The first-order valence-electron chi connectivity index (χ1n) is 34.0. The molecule has 11 atom stereocenters. The van der Waals surface area contributed by atoms with Gasteiger partial charge in [-0.1, -0.05) is 285 Å². The van der Waals surface area contributed by atoms with Gasteiger partial charge in [-0.15, -0.1) is 13.2 Å². The fourth-order valence-electron chi connectivity index (χ4n) is 11.8. The van der Waals surface area contributed by atoms with E-state index in [9.17, 15) is 0 Å². The molecule has 9 aromatic carbocycles. The Morgan fingerprint density at radius 1 is 0.333 bits per heavy atom. The van der Waals surface area contributed by atoms with E-state index in [0.29, 0.717) is 0 Å². The topological polar surface area (TPSA) is 145 Å². The molecule has 1 aliphatic rings. The molecule has 1 aliphatic heterocycles. The lowest BCUT2D eigenvalue weighted by atomic mass is 9.90. The molecule has 1 saturated heterocycles. The van der Waals surface area contributed by atoms with Gasteiger partial charge in [-0.25, -0.2) is 0 Å². The summed E-state index contributed by atoms with van der Waals surface area (Å²) in [7, 11) is 0. The molecule has 0 saturated carbocycles. The van der Waals surface area contributed by atoms with Gasteiger partial charge in [-0.05, 0) is 56.5 Å². The van der Waals surface area contributed by atoms with Crippen LogP contribution in [0.2, 0.25) is 0 Å². The Kier molecular flexibility index (Phi) is 30.0. The molecule has 0 spiro atoms. The van der Waals surface area contributed by atoms with Crippen molar-refractivity contribution in [3.63, 3.8) is 0 Å². The summed E-state index contributed by atoms with van der Waals surface area (Å²) in [5.41, 5.74) is 8.21. The number of carbonyl (C=O) groups is 2. The molecular weight excluding hydrogens is 1240 g/mol. The lowest BCUT2D eigenvalue weighted by molar-refractivity contribution is -0.268. The van der Waals surface area contributed by atoms with Crippen molar-refractivity contribution >= 4 is 11.9 Å². The van der Waals surface area contributed by atoms with Crippen LogP contribution < -0.4 is 0 Å². The van der Waals surface area contributed by atoms with Crippen molar-refractivity contribution in [2.24, 2.45) is 0 Å². The highest BCUT2D eigenvalue weighted by Crippen LogP contribution is 2.35. The van der Waals surface area contributed by atoms with Crippen LogP contribution in [0.1, 0.15) is 69.3 Å². The smallest absolute Gasteiger partial charge is 0.308 e. The number of hydrogen-bond donors (Lipinski definition) is 0. The van der Waals surface area contributed by atoms with E-state index < -0.39 is 79.1 Å². The number of hydrogen-bond acceptors (Lipinski definition) is 14. The van der Waals surface area contributed by atoms with Gasteiger partial charge >= 0.3 is 11.9 Å². The summed E-state index contributed by atoms with van der Waals surface area (Å²) in [6.07, 6.45) is -7.24. The SMILES string of the molecule is C=C[C@@H](OCc1ccccc1)[C@H](OCc1ccccc1)[C@@H](COCc1ccccc1)OC(=O)CC[C@H]1O[C@H](CC(=O)O[C@H](COCc2ccccc2)[C@@H](OCc2ccccc2)[C@@H](C=C)OCc2ccccc2)[C@H](OCc2ccccc2)[C@@H](OCc2ccccc2)[C@@H]1OCc1ccccc1. The number of rotatable bonds is 42. The van der Waals surface area contributed by atoms with E-state index in [1.807, 2.05) is 273 Å². The zero-order valence-electron chi connectivity index (χ0n) is 56.0.